The van der Waals surface area contributed by atoms with Crippen LogP contribution in [0.25, 0.3) is 0 Å². The SMILES string of the molecule is CC1CNC(CN2[C@H](C)COC[C@H]2C)CN1C(=O)O. The lowest BCUT2D eigenvalue weighted by atomic mass is 10.1. The first-order valence-electron chi connectivity index (χ1n) is 7.05. The van der Waals surface area contributed by atoms with E-state index in [4.69, 9.17) is 4.74 Å². The molecule has 0 saturated carbocycles. The van der Waals surface area contributed by atoms with E-state index in [1.165, 1.54) is 4.90 Å². The third kappa shape index (κ3) is 3.38. The van der Waals surface area contributed by atoms with Gasteiger partial charge in [-0.25, -0.2) is 4.79 Å². The Kier molecular flexibility index (Phi) is 4.65. The fourth-order valence-electron chi connectivity index (χ4n) is 2.97. The van der Waals surface area contributed by atoms with E-state index < -0.39 is 6.09 Å². The minimum atomic E-state index is -0.818. The van der Waals surface area contributed by atoms with Crippen LogP contribution in [0.4, 0.5) is 4.79 Å². The van der Waals surface area contributed by atoms with Crippen molar-refractivity contribution in [1.29, 1.82) is 0 Å². The van der Waals surface area contributed by atoms with Crippen molar-refractivity contribution in [2.24, 2.45) is 0 Å². The number of hydrogen-bond acceptors (Lipinski definition) is 4. The summed E-state index contributed by atoms with van der Waals surface area (Å²) in [5.41, 5.74) is 0. The summed E-state index contributed by atoms with van der Waals surface area (Å²) in [7, 11) is 0. The molecule has 4 atom stereocenters. The van der Waals surface area contributed by atoms with E-state index in [1.807, 2.05) is 6.92 Å². The highest BCUT2D eigenvalue weighted by Crippen LogP contribution is 2.15. The molecule has 1 amide bonds. The summed E-state index contributed by atoms with van der Waals surface area (Å²) in [4.78, 5) is 15.1. The Morgan fingerprint density at radius 1 is 1.26 bits per heavy atom. The molecule has 0 aliphatic carbocycles. The zero-order valence-corrected chi connectivity index (χ0v) is 12.0. The molecule has 2 N–H and O–H groups in total. The summed E-state index contributed by atoms with van der Waals surface area (Å²) in [5, 5.41) is 12.7. The topological polar surface area (TPSA) is 65.0 Å². The number of rotatable bonds is 2. The number of piperazine rings is 1. The number of hydrogen-bond donors (Lipinski definition) is 2. The van der Waals surface area contributed by atoms with E-state index in [-0.39, 0.29) is 12.1 Å². The van der Waals surface area contributed by atoms with Crippen LogP contribution in [-0.4, -0.2) is 78.0 Å². The first-order valence-corrected chi connectivity index (χ1v) is 7.05. The smallest absolute Gasteiger partial charge is 0.407 e. The number of amides is 1. The van der Waals surface area contributed by atoms with E-state index in [0.717, 1.165) is 26.3 Å². The van der Waals surface area contributed by atoms with Gasteiger partial charge in [-0.15, -0.1) is 0 Å². The third-order valence-corrected chi connectivity index (χ3v) is 4.18. The van der Waals surface area contributed by atoms with Crippen molar-refractivity contribution in [3.8, 4) is 0 Å². The molecule has 2 fully saturated rings. The van der Waals surface area contributed by atoms with Crippen LogP contribution in [0.5, 0.6) is 0 Å². The Bertz CT molecular complexity index is 316. The number of morpholine rings is 1. The molecule has 2 saturated heterocycles. The van der Waals surface area contributed by atoms with Gasteiger partial charge in [0.15, 0.2) is 0 Å². The third-order valence-electron chi connectivity index (χ3n) is 4.18. The number of carbonyl (C=O) groups is 1. The molecule has 0 aromatic rings. The average molecular weight is 271 g/mol. The van der Waals surface area contributed by atoms with Crippen LogP contribution in [0.2, 0.25) is 0 Å². The zero-order chi connectivity index (χ0) is 14.0. The van der Waals surface area contributed by atoms with Gasteiger partial charge in [0.2, 0.25) is 0 Å². The fraction of sp³-hybridized carbons (Fsp3) is 0.923. The molecule has 6 heteroatoms. The summed E-state index contributed by atoms with van der Waals surface area (Å²) in [6, 6.07) is 1.04. The van der Waals surface area contributed by atoms with Gasteiger partial charge in [0.1, 0.15) is 0 Å². The molecule has 2 aliphatic rings. The van der Waals surface area contributed by atoms with Crippen LogP contribution in [-0.2, 0) is 4.74 Å². The van der Waals surface area contributed by atoms with E-state index in [0.29, 0.717) is 18.6 Å². The molecule has 0 aromatic heterocycles. The normalized spacial score (nSPS) is 37.3. The van der Waals surface area contributed by atoms with E-state index in [1.54, 1.807) is 0 Å². The Morgan fingerprint density at radius 3 is 2.47 bits per heavy atom. The van der Waals surface area contributed by atoms with Crippen molar-refractivity contribution >= 4 is 6.09 Å². The van der Waals surface area contributed by atoms with Gasteiger partial charge in [-0.2, -0.15) is 0 Å². The highest BCUT2D eigenvalue weighted by atomic mass is 16.5. The largest absolute Gasteiger partial charge is 0.465 e. The molecule has 2 aliphatic heterocycles. The standard InChI is InChI=1S/C13H25N3O3/c1-9-4-14-12(6-16(9)13(17)18)5-15-10(2)7-19-8-11(15)3/h9-12,14H,4-8H2,1-3H3,(H,17,18)/t9?,10-,11-,12?/m1/s1. The monoisotopic (exact) mass is 271 g/mol. The number of nitrogens with zero attached hydrogens (tertiary/aromatic N) is 2. The number of nitrogens with one attached hydrogen (secondary N) is 1. The molecule has 6 nitrogen and oxygen atoms in total. The minimum Gasteiger partial charge on any atom is -0.465 e. The quantitative estimate of drug-likeness (QED) is 0.763. The van der Waals surface area contributed by atoms with E-state index in [9.17, 15) is 9.90 Å². The predicted molar refractivity (Wildman–Crippen MR) is 72.4 cm³/mol. The van der Waals surface area contributed by atoms with E-state index in [2.05, 4.69) is 24.1 Å². The maximum absolute atomic E-state index is 11.2. The molecule has 0 bridgehead atoms. The van der Waals surface area contributed by atoms with Crippen molar-refractivity contribution in [3.05, 3.63) is 0 Å². The van der Waals surface area contributed by atoms with Crippen LogP contribution in [0.15, 0.2) is 0 Å². The van der Waals surface area contributed by atoms with Crippen molar-refractivity contribution in [3.63, 3.8) is 0 Å². The first-order chi connectivity index (χ1) is 8.99. The number of carboxylic acid groups (broad SMARTS) is 1. The maximum atomic E-state index is 11.2. The molecule has 2 unspecified atom stereocenters. The molecule has 2 rings (SSSR count). The van der Waals surface area contributed by atoms with Crippen molar-refractivity contribution < 1.29 is 14.6 Å². The van der Waals surface area contributed by atoms with Crippen LogP contribution in [0.1, 0.15) is 20.8 Å². The Morgan fingerprint density at radius 2 is 1.89 bits per heavy atom. The van der Waals surface area contributed by atoms with Crippen molar-refractivity contribution in [1.82, 2.24) is 15.1 Å². The van der Waals surface area contributed by atoms with Crippen LogP contribution in [0, 0.1) is 0 Å². The van der Waals surface area contributed by atoms with Gasteiger partial charge in [0.25, 0.3) is 0 Å². The van der Waals surface area contributed by atoms with Gasteiger partial charge >= 0.3 is 6.09 Å². The number of ether oxygens (including phenoxy) is 1. The van der Waals surface area contributed by atoms with Gasteiger partial charge in [0.05, 0.1) is 13.2 Å². The summed E-state index contributed by atoms with van der Waals surface area (Å²) < 4.78 is 5.52. The Hall–Kier alpha value is -0.850. The minimum absolute atomic E-state index is 0.0493. The lowest BCUT2D eigenvalue weighted by Crippen LogP contribution is -2.62. The molecule has 2 heterocycles. The van der Waals surface area contributed by atoms with Crippen molar-refractivity contribution in [2.45, 2.75) is 44.9 Å². The zero-order valence-electron chi connectivity index (χ0n) is 12.0. The molecule has 0 spiro atoms. The fourth-order valence-corrected chi connectivity index (χ4v) is 2.97. The second-order valence-electron chi connectivity index (χ2n) is 5.82. The van der Waals surface area contributed by atoms with Gasteiger partial charge in [-0.05, 0) is 20.8 Å². The summed E-state index contributed by atoms with van der Waals surface area (Å²) >= 11 is 0. The second-order valence-corrected chi connectivity index (χ2v) is 5.82. The molecular weight excluding hydrogens is 246 g/mol. The summed E-state index contributed by atoms with van der Waals surface area (Å²) in [5.74, 6) is 0. The van der Waals surface area contributed by atoms with Gasteiger partial charge in [-0.3, -0.25) is 4.90 Å². The van der Waals surface area contributed by atoms with Crippen LogP contribution >= 0.6 is 0 Å². The highest BCUT2D eigenvalue weighted by Gasteiger charge is 2.32. The molecular formula is C13H25N3O3. The highest BCUT2D eigenvalue weighted by molar-refractivity contribution is 5.65. The molecule has 19 heavy (non-hydrogen) atoms. The second kappa shape index (κ2) is 6.07. The van der Waals surface area contributed by atoms with Gasteiger partial charge in [-0.1, -0.05) is 0 Å². The van der Waals surface area contributed by atoms with Gasteiger partial charge < -0.3 is 20.1 Å². The predicted octanol–water partition coefficient (Wildman–Crippen LogP) is 0.436. The summed E-state index contributed by atoms with van der Waals surface area (Å²) in [6.07, 6.45) is -0.818. The van der Waals surface area contributed by atoms with Crippen LogP contribution in [0.3, 0.4) is 0 Å². The van der Waals surface area contributed by atoms with Gasteiger partial charge in [0, 0.05) is 43.8 Å². The van der Waals surface area contributed by atoms with E-state index >= 15 is 0 Å². The molecule has 0 aromatic carbocycles. The molecule has 110 valence electrons. The van der Waals surface area contributed by atoms with Crippen molar-refractivity contribution in [2.75, 3.05) is 32.8 Å². The Balaban J connectivity index is 1.93. The first kappa shape index (κ1) is 14.6. The maximum Gasteiger partial charge on any atom is 0.407 e. The average Bonchev–Trinajstić information content (AvgIpc) is 2.35. The molecule has 0 radical (unpaired) electrons. The lowest BCUT2D eigenvalue weighted by molar-refractivity contribution is -0.0436. The van der Waals surface area contributed by atoms with Crippen LogP contribution < -0.4 is 5.32 Å². The Labute approximate surface area is 114 Å². The lowest BCUT2D eigenvalue weighted by Gasteiger charge is -2.44. The summed E-state index contributed by atoms with van der Waals surface area (Å²) in [6.45, 7) is 9.95.